The molecular formula is C23H22BrN3O2S. The highest BCUT2D eigenvalue weighted by Gasteiger charge is 2.32. The second-order valence-corrected chi connectivity index (χ2v) is 9.15. The fourth-order valence-electron chi connectivity index (χ4n) is 3.71. The second-order valence-electron chi connectivity index (χ2n) is 7.29. The van der Waals surface area contributed by atoms with Crippen LogP contribution in [0.1, 0.15) is 28.2 Å². The second kappa shape index (κ2) is 9.53. The van der Waals surface area contributed by atoms with Crippen LogP contribution in [0.3, 0.4) is 0 Å². The largest absolute Gasteiger partial charge is 0.337 e. The van der Waals surface area contributed by atoms with Crippen LogP contribution < -0.4 is 4.90 Å². The Balaban J connectivity index is 1.55. The minimum absolute atomic E-state index is 0.0161. The van der Waals surface area contributed by atoms with E-state index >= 15 is 0 Å². The smallest absolute Gasteiger partial charge is 0.263 e. The average molecular weight is 484 g/mol. The molecule has 1 aromatic carbocycles. The number of rotatable bonds is 5. The standard InChI is InChI=1S/C23H22BrN3O2S/c24-18-8-10-20(11-9-18)27(16-19-6-1-2-12-25-19)22(28)17-5-3-13-26(15-17)23(29)21-7-4-14-30-21/h1-2,4,6-12,14,17H,3,5,13,15-16H2. The summed E-state index contributed by atoms with van der Waals surface area (Å²) in [6.45, 7) is 1.54. The maximum Gasteiger partial charge on any atom is 0.263 e. The van der Waals surface area contributed by atoms with E-state index in [0.717, 1.165) is 33.6 Å². The van der Waals surface area contributed by atoms with Gasteiger partial charge in [-0.1, -0.05) is 28.1 Å². The van der Waals surface area contributed by atoms with Gasteiger partial charge in [-0.25, -0.2) is 0 Å². The van der Waals surface area contributed by atoms with E-state index < -0.39 is 0 Å². The quantitative estimate of drug-likeness (QED) is 0.513. The summed E-state index contributed by atoms with van der Waals surface area (Å²) in [5.41, 5.74) is 1.66. The van der Waals surface area contributed by atoms with Crippen molar-refractivity contribution in [2.45, 2.75) is 19.4 Å². The van der Waals surface area contributed by atoms with Gasteiger partial charge in [-0.05, 0) is 60.7 Å². The lowest BCUT2D eigenvalue weighted by Crippen LogP contribution is -2.46. The van der Waals surface area contributed by atoms with Crippen molar-refractivity contribution >= 4 is 44.8 Å². The summed E-state index contributed by atoms with van der Waals surface area (Å²) in [6.07, 6.45) is 3.34. The predicted molar refractivity (Wildman–Crippen MR) is 123 cm³/mol. The van der Waals surface area contributed by atoms with Gasteiger partial charge < -0.3 is 9.80 Å². The van der Waals surface area contributed by atoms with Gasteiger partial charge in [0.25, 0.3) is 5.91 Å². The minimum Gasteiger partial charge on any atom is -0.337 e. The van der Waals surface area contributed by atoms with Crippen LogP contribution in [0.4, 0.5) is 5.69 Å². The first-order valence-corrected chi connectivity index (χ1v) is 11.6. The molecule has 0 aliphatic carbocycles. The number of hydrogen-bond acceptors (Lipinski definition) is 4. The first-order chi connectivity index (χ1) is 14.6. The molecular weight excluding hydrogens is 462 g/mol. The van der Waals surface area contributed by atoms with Gasteiger partial charge in [-0.3, -0.25) is 14.6 Å². The minimum atomic E-state index is -0.227. The maximum atomic E-state index is 13.6. The topological polar surface area (TPSA) is 53.5 Å². The zero-order valence-corrected chi connectivity index (χ0v) is 18.8. The molecule has 0 saturated carbocycles. The number of carbonyl (C=O) groups is 2. The Morgan fingerprint density at radius 1 is 1.13 bits per heavy atom. The molecule has 1 saturated heterocycles. The van der Waals surface area contributed by atoms with E-state index in [-0.39, 0.29) is 17.7 Å². The summed E-state index contributed by atoms with van der Waals surface area (Å²) in [5.74, 6) is -0.177. The van der Waals surface area contributed by atoms with Crippen LogP contribution in [0, 0.1) is 5.92 Å². The van der Waals surface area contributed by atoms with Crippen molar-refractivity contribution in [3.05, 3.63) is 81.2 Å². The zero-order valence-electron chi connectivity index (χ0n) is 16.4. The first kappa shape index (κ1) is 20.8. The Labute approximate surface area is 188 Å². The summed E-state index contributed by atoms with van der Waals surface area (Å²) in [4.78, 5) is 35.1. The first-order valence-electron chi connectivity index (χ1n) is 9.91. The highest BCUT2D eigenvalue weighted by molar-refractivity contribution is 9.10. The Morgan fingerprint density at radius 2 is 1.97 bits per heavy atom. The van der Waals surface area contributed by atoms with Crippen molar-refractivity contribution in [1.82, 2.24) is 9.88 Å². The molecule has 3 heterocycles. The van der Waals surface area contributed by atoms with Crippen LogP contribution in [0.2, 0.25) is 0 Å². The molecule has 7 heteroatoms. The lowest BCUT2D eigenvalue weighted by Gasteiger charge is -2.35. The Hall–Kier alpha value is -2.51. The molecule has 1 unspecified atom stereocenters. The average Bonchev–Trinajstić information content (AvgIpc) is 3.33. The number of aromatic nitrogens is 1. The molecule has 0 radical (unpaired) electrons. The molecule has 0 bridgehead atoms. The summed E-state index contributed by atoms with van der Waals surface area (Å²) in [7, 11) is 0. The summed E-state index contributed by atoms with van der Waals surface area (Å²) >= 11 is 4.90. The van der Waals surface area contributed by atoms with E-state index in [1.807, 2.05) is 64.9 Å². The molecule has 30 heavy (non-hydrogen) atoms. The predicted octanol–water partition coefficient (Wildman–Crippen LogP) is 4.99. The van der Waals surface area contributed by atoms with E-state index in [0.29, 0.717) is 19.6 Å². The van der Waals surface area contributed by atoms with Gasteiger partial charge in [-0.15, -0.1) is 11.3 Å². The number of thiophene rings is 1. The monoisotopic (exact) mass is 483 g/mol. The number of pyridine rings is 1. The van der Waals surface area contributed by atoms with E-state index in [1.165, 1.54) is 11.3 Å². The summed E-state index contributed by atoms with van der Waals surface area (Å²) < 4.78 is 0.960. The molecule has 2 amide bonds. The fourth-order valence-corrected chi connectivity index (χ4v) is 4.67. The van der Waals surface area contributed by atoms with Gasteiger partial charge in [0.15, 0.2) is 0 Å². The van der Waals surface area contributed by atoms with Crippen molar-refractivity contribution in [2.24, 2.45) is 5.92 Å². The lowest BCUT2D eigenvalue weighted by atomic mass is 9.95. The maximum absolute atomic E-state index is 13.6. The van der Waals surface area contributed by atoms with Crippen molar-refractivity contribution in [1.29, 1.82) is 0 Å². The molecule has 4 rings (SSSR count). The Bertz CT molecular complexity index is 993. The van der Waals surface area contributed by atoms with Crippen molar-refractivity contribution < 1.29 is 9.59 Å². The van der Waals surface area contributed by atoms with Gasteiger partial charge in [0.1, 0.15) is 0 Å². The third kappa shape index (κ3) is 4.79. The number of halogens is 1. The molecule has 0 N–H and O–H groups in total. The van der Waals surface area contributed by atoms with Crippen LogP contribution in [-0.4, -0.2) is 34.8 Å². The number of hydrogen-bond donors (Lipinski definition) is 0. The van der Waals surface area contributed by atoms with Crippen molar-refractivity contribution in [3.8, 4) is 0 Å². The molecule has 1 aliphatic rings. The third-order valence-electron chi connectivity index (χ3n) is 5.24. The van der Waals surface area contributed by atoms with Crippen molar-refractivity contribution in [3.63, 3.8) is 0 Å². The molecule has 3 aromatic rings. The highest BCUT2D eigenvalue weighted by atomic mass is 79.9. The molecule has 1 fully saturated rings. The molecule has 2 aromatic heterocycles. The van der Waals surface area contributed by atoms with Crippen LogP contribution in [0.25, 0.3) is 0 Å². The van der Waals surface area contributed by atoms with Gasteiger partial charge in [0.2, 0.25) is 5.91 Å². The molecule has 5 nitrogen and oxygen atoms in total. The Morgan fingerprint density at radius 3 is 2.67 bits per heavy atom. The van der Waals surface area contributed by atoms with E-state index in [1.54, 1.807) is 11.1 Å². The summed E-state index contributed by atoms with van der Waals surface area (Å²) in [6, 6.07) is 17.2. The summed E-state index contributed by atoms with van der Waals surface area (Å²) in [5, 5.41) is 1.90. The van der Waals surface area contributed by atoms with Crippen LogP contribution >= 0.6 is 27.3 Å². The van der Waals surface area contributed by atoms with Gasteiger partial charge in [0.05, 0.1) is 23.0 Å². The van der Waals surface area contributed by atoms with E-state index in [2.05, 4.69) is 20.9 Å². The molecule has 1 aliphatic heterocycles. The number of nitrogens with zero attached hydrogens (tertiary/aromatic N) is 3. The molecule has 0 spiro atoms. The number of likely N-dealkylation sites (tertiary alicyclic amines) is 1. The number of amides is 2. The van der Waals surface area contributed by atoms with Crippen LogP contribution in [-0.2, 0) is 11.3 Å². The molecule has 1 atom stereocenters. The SMILES string of the molecule is O=C(c1cccs1)N1CCCC(C(=O)N(Cc2ccccn2)c2ccc(Br)cc2)C1. The lowest BCUT2D eigenvalue weighted by molar-refractivity contribution is -0.123. The third-order valence-corrected chi connectivity index (χ3v) is 6.63. The Kier molecular flexibility index (Phi) is 6.59. The van der Waals surface area contributed by atoms with Gasteiger partial charge >= 0.3 is 0 Å². The fraction of sp³-hybridized carbons (Fsp3) is 0.261. The highest BCUT2D eigenvalue weighted by Crippen LogP contribution is 2.27. The van der Waals surface area contributed by atoms with E-state index in [9.17, 15) is 9.59 Å². The zero-order chi connectivity index (χ0) is 20.9. The molecule has 154 valence electrons. The van der Waals surface area contributed by atoms with Crippen LogP contribution in [0.15, 0.2) is 70.6 Å². The van der Waals surface area contributed by atoms with Crippen molar-refractivity contribution in [2.75, 3.05) is 18.0 Å². The number of carbonyl (C=O) groups excluding carboxylic acids is 2. The van der Waals surface area contributed by atoms with E-state index in [4.69, 9.17) is 0 Å². The number of benzene rings is 1. The number of piperidine rings is 1. The number of anilines is 1. The van der Waals surface area contributed by atoms with Crippen LogP contribution in [0.5, 0.6) is 0 Å². The van der Waals surface area contributed by atoms with Gasteiger partial charge in [-0.2, -0.15) is 0 Å². The normalized spacial score (nSPS) is 16.3. The van der Waals surface area contributed by atoms with Gasteiger partial charge in [0, 0.05) is 29.4 Å².